The average Bonchev–Trinajstić information content (AvgIpc) is 2.46. The lowest BCUT2D eigenvalue weighted by Crippen LogP contribution is -2.01. The Morgan fingerprint density at radius 1 is 1.11 bits per heavy atom. The van der Waals surface area contributed by atoms with Crippen molar-refractivity contribution in [2.75, 3.05) is 0 Å². The lowest BCUT2D eigenvalue weighted by atomic mass is 10.0. The third kappa shape index (κ3) is 2.98. The molecule has 0 fully saturated rings. The molecule has 5 heteroatoms. The van der Waals surface area contributed by atoms with Gasteiger partial charge in [-0.1, -0.05) is 29.8 Å². The molecule has 0 amide bonds. The van der Waals surface area contributed by atoms with Crippen LogP contribution in [-0.4, -0.2) is 5.78 Å². The van der Waals surface area contributed by atoms with E-state index in [9.17, 15) is 9.70 Å². The van der Waals surface area contributed by atoms with E-state index in [0.717, 1.165) is 5.56 Å². The van der Waals surface area contributed by atoms with E-state index in [-0.39, 0.29) is 11.5 Å². The second kappa shape index (κ2) is 5.92. The summed E-state index contributed by atoms with van der Waals surface area (Å²) in [6.45, 7) is 1.95. The van der Waals surface area contributed by atoms with Crippen LogP contribution in [-0.2, 0) is 0 Å². The SMILES string of the molecule is Cc1ccc(C(=O)c2ccc(OI)c(N=O)c2)cc1. The second-order valence-electron chi connectivity index (χ2n) is 4.05. The molecular weight excluding hydrogens is 357 g/mol. The molecule has 0 bridgehead atoms. The lowest BCUT2D eigenvalue weighted by Gasteiger charge is -2.04. The number of aryl methyl sites for hydroxylation is 1. The summed E-state index contributed by atoms with van der Waals surface area (Å²) in [6.07, 6.45) is 0. The average molecular weight is 367 g/mol. The first kappa shape index (κ1) is 13.7. The van der Waals surface area contributed by atoms with Crippen LogP contribution >= 0.6 is 23.0 Å². The molecule has 96 valence electrons. The zero-order valence-corrected chi connectivity index (χ0v) is 12.2. The van der Waals surface area contributed by atoms with Gasteiger partial charge in [-0.2, -0.15) is 0 Å². The highest BCUT2D eigenvalue weighted by Gasteiger charge is 2.12. The van der Waals surface area contributed by atoms with Crippen LogP contribution in [0.25, 0.3) is 0 Å². The third-order valence-electron chi connectivity index (χ3n) is 2.72. The van der Waals surface area contributed by atoms with E-state index in [1.807, 2.05) is 19.1 Å². The first-order valence-corrected chi connectivity index (χ1v) is 6.41. The molecule has 0 aliphatic carbocycles. The highest BCUT2D eigenvalue weighted by atomic mass is 127. The fraction of sp³-hybridized carbons (Fsp3) is 0.0714. The molecular formula is C14H10INO3. The van der Waals surface area contributed by atoms with Gasteiger partial charge in [0.2, 0.25) is 0 Å². The van der Waals surface area contributed by atoms with Crippen LogP contribution in [0.4, 0.5) is 5.69 Å². The van der Waals surface area contributed by atoms with Crippen LogP contribution in [0.15, 0.2) is 47.6 Å². The molecule has 2 rings (SSSR count). The molecule has 2 aromatic rings. The molecule has 0 spiro atoms. The summed E-state index contributed by atoms with van der Waals surface area (Å²) in [5, 5.41) is 2.86. The molecule has 0 saturated carbocycles. The van der Waals surface area contributed by atoms with E-state index in [1.54, 1.807) is 47.3 Å². The van der Waals surface area contributed by atoms with Gasteiger partial charge in [-0.15, -0.1) is 4.91 Å². The Hall–Kier alpha value is -1.76. The number of hydrogen-bond acceptors (Lipinski definition) is 4. The summed E-state index contributed by atoms with van der Waals surface area (Å²) in [7, 11) is 0. The van der Waals surface area contributed by atoms with Crippen molar-refractivity contribution in [3.63, 3.8) is 0 Å². The molecule has 4 nitrogen and oxygen atoms in total. The molecule has 0 atom stereocenters. The zero-order valence-electron chi connectivity index (χ0n) is 10.1. The molecule has 19 heavy (non-hydrogen) atoms. The number of benzene rings is 2. The first-order valence-electron chi connectivity index (χ1n) is 5.53. The summed E-state index contributed by atoms with van der Waals surface area (Å²) >= 11 is 1.66. The smallest absolute Gasteiger partial charge is 0.193 e. The topological polar surface area (TPSA) is 55.7 Å². The summed E-state index contributed by atoms with van der Waals surface area (Å²) in [5.74, 6) is 0.195. The van der Waals surface area contributed by atoms with Gasteiger partial charge in [0.1, 0.15) is 0 Å². The molecule has 0 N–H and O–H groups in total. The van der Waals surface area contributed by atoms with Gasteiger partial charge in [0, 0.05) is 11.1 Å². The Balaban J connectivity index is 2.39. The summed E-state index contributed by atoms with van der Waals surface area (Å²) in [5.41, 5.74) is 2.19. The van der Waals surface area contributed by atoms with Gasteiger partial charge >= 0.3 is 0 Å². The molecule has 0 heterocycles. The minimum Gasteiger partial charge on any atom is -0.425 e. The summed E-state index contributed by atoms with van der Waals surface area (Å²) < 4.78 is 4.96. The van der Waals surface area contributed by atoms with Crippen LogP contribution in [0, 0.1) is 11.8 Å². The van der Waals surface area contributed by atoms with Crippen molar-refractivity contribution in [1.29, 1.82) is 0 Å². The lowest BCUT2D eigenvalue weighted by molar-refractivity contribution is 0.103. The van der Waals surface area contributed by atoms with Crippen LogP contribution in [0.2, 0.25) is 0 Å². The van der Waals surface area contributed by atoms with Gasteiger partial charge in [-0.3, -0.25) is 4.79 Å². The predicted octanol–water partition coefficient (Wildman–Crippen LogP) is 4.35. The van der Waals surface area contributed by atoms with Gasteiger partial charge in [-0.05, 0) is 30.3 Å². The number of carbonyl (C=O) groups excluding carboxylic acids is 1. The Bertz CT molecular complexity index is 623. The van der Waals surface area contributed by atoms with Crippen molar-refractivity contribution in [3.8, 4) is 5.75 Å². The summed E-state index contributed by atoms with van der Waals surface area (Å²) in [6, 6.07) is 11.9. The Morgan fingerprint density at radius 2 is 1.74 bits per heavy atom. The Kier molecular flexibility index (Phi) is 4.26. The normalized spacial score (nSPS) is 10.0. The Labute approximate surface area is 124 Å². The van der Waals surface area contributed by atoms with Crippen molar-refractivity contribution in [3.05, 3.63) is 64.1 Å². The number of nitrogens with zero attached hydrogens (tertiary/aromatic N) is 1. The van der Waals surface area contributed by atoms with Crippen LogP contribution in [0.5, 0.6) is 5.75 Å². The fourth-order valence-corrected chi connectivity index (χ4v) is 2.04. The number of carbonyl (C=O) groups is 1. The third-order valence-corrected chi connectivity index (χ3v) is 3.19. The maximum absolute atomic E-state index is 12.2. The maximum atomic E-state index is 12.2. The van der Waals surface area contributed by atoms with E-state index in [0.29, 0.717) is 16.9 Å². The first-order chi connectivity index (χ1) is 9.15. The van der Waals surface area contributed by atoms with Crippen LogP contribution < -0.4 is 3.07 Å². The van der Waals surface area contributed by atoms with Crippen LogP contribution in [0.1, 0.15) is 21.5 Å². The van der Waals surface area contributed by atoms with E-state index >= 15 is 0 Å². The van der Waals surface area contributed by atoms with E-state index < -0.39 is 0 Å². The number of ketones is 1. The second-order valence-corrected chi connectivity index (χ2v) is 4.49. The standard InChI is InChI=1S/C14H10INO3/c1-9-2-4-10(5-3-9)14(17)11-6-7-13(19-15)12(8-11)16-18/h2-8H,1H3. The number of rotatable bonds is 4. The highest BCUT2D eigenvalue weighted by molar-refractivity contribution is 14.1. The number of halogens is 1. The molecule has 0 aliphatic heterocycles. The molecule has 0 saturated heterocycles. The molecule has 0 unspecified atom stereocenters. The van der Waals surface area contributed by atoms with Crippen molar-refractivity contribution in [2.45, 2.75) is 6.92 Å². The van der Waals surface area contributed by atoms with Gasteiger partial charge in [0.25, 0.3) is 0 Å². The number of nitroso groups, excluding NO2 is 1. The van der Waals surface area contributed by atoms with Gasteiger partial charge in [-0.25, -0.2) is 0 Å². The van der Waals surface area contributed by atoms with Crippen LogP contribution in [0.3, 0.4) is 0 Å². The highest BCUT2D eigenvalue weighted by Crippen LogP contribution is 2.30. The molecule has 2 aromatic carbocycles. The minimum absolute atomic E-state index is 0.118. The molecule has 0 radical (unpaired) electrons. The predicted molar refractivity (Wildman–Crippen MR) is 81.2 cm³/mol. The monoisotopic (exact) mass is 367 g/mol. The van der Waals surface area contributed by atoms with Crippen molar-refractivity contribution >= 4 is 34.5 Å². The largest absolute Gasteiger partial charge is 0.425 e. The molecule has 0 aromatic heterocycles. The maximum Gasteiger partial charge on any atom is 0.193 e. The van der Waals surface area contributed by atoms with Crippen molar-refractivity contribution < 1.29 is 7.86 Å². The number of hydrogen-bond donors (Lipinski definition) is 0. The van der Waals surface area contributed by atoms with Crippen molar-refractivity contribution in [2.24, 2.45) is 5.18 Å². The van der Waals surface area contributed by atoms with Gasteiger partial charge in [0.05, 0.1) is 0 Å². The van der Waals surface area contributed by atoms with E-state index in [1.165, 1.54) is 6.07 Å². The fourth-order valence-electron chi connectivity index (χ4n) is 1.67. The van der Waals surface area contributed by atoms with Gasteiger partial charge < -0.3 is 3.07 Å². The summed E-state index contributed by atoms with van der Waals surface area (Å²) in [4.78, 5) is 22.9. The Morgan fingerprint density at radius 3 is 2.32 bits per heavy atom. The molecule has 0 aliphatic rings. The quantitative estimate of drug-likeness (QED) is 0.459. The van der Waals surface area contributed by atoms with E-state index in [2.05, 4.69) is 5.18 Å². The van der Waals surface area contributed by atoms with Crippen molar-refractivity contribution in [1.82, 2.24) is 0 Å². The minimum atomic E-state index is -0.148. The van der Waals surface area contributed by atoms with E-state index in [4.69, 9.17) is 3.07 Å². The zero-order chi connectivity index (χ0) is 13.8. The van der Waals surface area contributed by atoms with Gasteiger partial charge in [0.15, 0.2) is 40.2 Å².